The number of benzene rings is 2. The van der Waals surface area contributed by atoms with E-state index in [1.165, 1.54) is 17.2 Å². The SMILES string of the molecule is C=CC(=O)N1CCN2c3ncnc4cc(-c5cccc6c5CCCOC6)c(Cl)c(c34)OC[C@@H]2C1. The molecular formula is C26H25ClN4O3. The fraction of sp³-hybridized carbons (Fsp3) is 0.346. The van der Waals surface area contributed by atoms with Gasteiger partial charge in [0.1, 0.15) is 18.8 Å². The summed E-state index contributed by atoms with van der Waals surface area (Å²) in [4.78, 5) is 25.5. The molecule has 0 aliphatic carbocycles. The fourth-order valence-corrected chi connectivity index (χ4v) is 5.64. The van der Waals surface area contributed by atoms with Gasteiger partial charge in [0, 0.05) is 31.8 Å². The van der Waals surface area contributed by atoms with Crippen LogP contribution in [0.3, 0.4) is 0 Å². The molecule has 7 nitrogen and oxygen atoms in total. The van der Waals surface area contributed by atoms with Crippen molar-refractivity contribution in [3.63, 3.8) is 0 Å². The molecule has 4 heterocycles. The molecule has 1 atom stereocenters. The van der Waals surface area contributed by atoms with Crippen LogP contribution in [0.5, 0.6) is 5.75 Å². The maximum absolute atomic E-state index is 12.2. The van der Waals surface area contributed by atoms with Crippen molar-refractivity contribution in [3.8, 4) is 16.9 Å². The van der Waals surface area contributed by atoms with Crippen molar-refractivity contribution in [2.75, 3.05) is 37.7 Å². The van der Waals surface area contributed by atoms with Crippen LogP contribution in [-0.4, -0.2) is 59.7 Å². The minimum Gasteiger partial charge on any atom is -0.489 e. The Balaban J connectivity index is 1.48. The zero-order valence-electron chi connectivity index (χ0n) is 18.8. The summed E-state index contributed by atoms with van der Waals surface area (Å²) >= 11 is 7.07. The summed E-state index contributed by atoms with van der Waals surface area (Å²) < 4.78 is 12.1. The fourth-order valence-electron chi connectivity index (χ4n) is 5.33. The highest BCUT2D eigenvalue weighted by atomic mass is 35.5. The normalized spacial score (nSPS) is 19.5. The second-order valence-corrected chi connectivity index (χ2v) is 9.28. The molecule has 0 saturated carbocycles. The first-order chi connectivity index (χ1) is 16.7. The Hall–Kier alpha value is -3.16. The lowest BCUT2D eigenvalue weighted by Crippen LogP contribution is -2.56. The van der Waals surface area contributed by atoms with Gasteiger partial charge in [-0.3, -0.25) is 4.79 Å². The summed E-state index contributed by atoms with van der Waals surface area (Å²) in [6.07, 6.45) is 4.87. The number of amides is 1. The number of anilines is 1. The third-order valence-electron chi connectivity index (χ3n) is 7.00. The van der Waals surface area contributed by atoms with Crippen LogP contribution in [0.4, 0.5) is 5.82 Å². The van der Waals surface area contributed by atoms with Gasteiger partial charge in [0.05, 0.1) is 28.6 Å². The van der Waals surface area contributed by atoms with Gasteiger partial charge in [-0.05, 0) is 41.7 Å². The van der Waals surface area contributed by atoms with Crippen molar-refractivity contribution in [1.82, 2.24) is 14.9 Å². The van der Waals surface area contributed by atoms with Gasteiger partial charge in [-0.1, -0.05) is 36.4 Å². The van der Waals surface area contributed by atoms with Gasteiger partial charge < -0.3 is 19.3 Å². The Morgan fingerprint density at radius 3 is 3.03 bits per heavy atom. The molecule has 2 aromatic carbocycles. The average molecular weight is 477 g/mol. The third-order valence-corrected chi connectivity index (χ3v) is 7.37. The molecule has 3 aliphatic heterocycles. The minimum absolute atomic E-state index is 0.0344. The lowest BCUT2D eigenvalue weighted by molar-refractivity contribution is -0.126. The van der Waals surface area contributed by atoms with E-state index in [-0.39, 0.29) is 11.9 Å². The Morgan fingerprint density at radius 2 is 2.15 bits per heavy atom. The molecule has 1 saturated heterocycles. The van der Waals surface area contributed by atoms with Crippen molar-refractivity contribution >= 4 is 34.2 Å². The number of aromatic nitrogens is 2. The lowest BCUT2D eigenvalue weighted by Gasteiger charge is -2.40. The highest BCUT2D eigenvalue weighted by Gasteiger charge is 2.35. The highest BCUT2D eigenvalue weighted by molar-refractivity contribution is 6.36. The molecule has 3 aliphatic rings. The maximum Gasteiger partial charge on any atom is 0.246 e. The van der Waals surface area contributed by atoms with Crippen LogP contribution in [0, 0.1) is 0 Å². The number of halogens is 1. The Labute approximate surface area is 202 Å². The van der Waals surface area contributed by atoms with Crippen molar-refractivity contribution in [2.24, 2.45) is 0 Å². The van der Waals surface area contributed by atoms with Crippen LogP contribution in [0.15, 0.2) is 43.2 Å². The van der Waals surface area contributed by atoms with E-state index >= 15 is 0 Å². The smallest absolute Gasteiger partial charge is 0.246 e. The van der Waals surface area contributed by atoms with Crippen LogP contribution in [0.1, 0.15) is 17.5 Å². The third kappa shape index (κ3) is 3.42. The summed E-state index contributed by atoms with van der Waals surface area (Å²) in [7, 11) is 0. The van der Waals surface area contributed by atoms with Gasteiger partial charge in [0.15, 0.2) is 5.75 Å². The van der Waals surface area contributed by atoms with Crippen molar-refractivity contribution in [1.29, 1.82) is 0 Å². The van der Waals surface area contributed by atoms with E-state index in [1.54, 1.807) is 11.2 Å². The van der Waals surface area contributed by atoms with Gasteiger partial charge in [0.2, 0.25) is 5.91 Å². The number of ether oxygens (including phenoxy) is 2. The van der Waals surface area contributed by atoms with E-state index in [2.05, 4.69) is 45.7 Å². The van der Waals surface area contributed by atoms with Gasteiger partial charge in [-0.25, -0.2) is 9.97 Å². The number of carbonyl (C=O) groups is 1. The first-order valence-electron chi connectivity index (χ1n) is 11.6. The van der Waals surface area contributed by atoms with E-state index in [0.717, 1.165) is 47.3 Å². The predicted molar refractivity (Wildman–Crippen MR) is 131 cm³/mol. The molecule has 6 rings (SSSR count). The Morgan fingerprint density at radius 1 is 1.24 bits per heavy atom. The van der Waals surface area contributed by atoms with Crippen LogP contribution in [0.25, 0.3) is 22.0 Å². The maximum atomic E-state index is 12.2. The van der Waals surface area contributed by atoms with E-state index in [1.807, 2.05) is 0 Å². The van der Waals surface area contributed by atoms with E-state index in [0.29, 0.717) is 43.6 Å². The molecule has 34 heavy (non-hydrogen) atoms. The van der Waals surface area contributed by atoms with Crippen molar-refractivity contribution < 1.29 is 14.3 Å². The number of nitrogens with zero attached hydrogens (tertiary/aromatic N) is 4. The molecule has 174 valence electrons. The monoisotopic (exact) mass is 476 g/mol. The number of rotatable bonds is 2. The molecule has 8 heteroatoms. The lowest BCUT2D eigenvalue weighted by atomic mass is 9.92. The van der Waals surface area contributed by atoms with Gasteiger partial charge in [-0.2, -0.15) is 0 Å². The topological polar surface area (TPSA) is 67.8 Å². The summed E-state index contributed by atoms with van der Waals surface area (Å²) in [6.45, 7) is 7.20. The molecule has 0 spiro atoms. The quantitative estimate of drug-likeness (QED) is 0.521. The van der Waals surface area contributed by atoms with Gasteiger partial charge in [0.25, 0.3) is 0 Å². The molecule has 0 bridgehead atoms. The standard InChI is InChI=1S/C26H25ClN4O3/c1-2-22(32)30-8-9-31-17(12-30)14-34-25-23-21(28-15-29-26(23)31)11-20(24(25)27)19-6-3-5-16-13-33-10-4-7-18(16)19/h2-3,5-6,11,15,17H,1,4,7-10,12-14H2/t17-/m0/s1. The minimum atomic E-state index is -0.0664. The summed E-state index contributed by atoms with van der Waals surface area (Å²) in [6, 6.07) is 8.31. The Kier molecular flexibility index (Phi) is 5.38. The predicted octanol–water partition coefficient (Wildman–Crippen LogP) is 4.01. The van der Waals surface area contributed by atoms with E-state index in [9.17, 15) is 4.79 Å². The largest absolute Gasteiger partial charge is 0.489 e. The summed E-state index contributed by atoms with van der Waals surface area (Å²) in [5.74, 6) is 1.36. The molecule has 1 aromatic heterocycles. The van der Waals surface area contributed by atoms with Crippen LogP contribution < -0.4 is 9.64 Å². The summed E-state index contributed by atoms with van der Waals surface area (Å²) in [5, 5.41) is 1.40. The molecule has 1 fully saturated rings. The number of carbonyl (C=O) groups excluding carboxylic acids is 1. The van der Waals surface area contributed by atoms with Crippen molar-refractivity contribution in [2.45, 2.75) is 25.5 Å². The molecule has 3 aromatic rings. The van der Waals surface area contributed by atoms with Crippen LogP contribution >= 0.6 is 11.6 Å². The summed E-state index contributed by atoms with van der Waals surface area (Å²) in [5.41, 5.74) is 5.28. The number of fused-ring (bicyclic) bond motifs is 3. The van der Waals surface area contributed by atoms with E-state index in [4.69, 9.17) is 21.1 Å². The Bertz CT molecular complexity index is 1310. The second-order valence-electron chi connectivity index (χ2n) is 8.90. The zero-order valence-corrected chi connectivity index (χ0v) is 19.6. The highest BCUT2D eigenvalue weighted by Crippen LogP contribution is 2.47. The van der Waals surface area contributed by atoms with E-state index < -0.39 is 0 Å². The molecule has 0 radical (unpaired) electrons. The number of hydrogen-bond acceptors (Lipinski definition) is 6. The molecule has 0 N–H and O–H groups in total. The van der Waals surface area contributed by atoms with Crippen molar-refractivity contribution in [3.05, 3.63) is 59.4 Å². The zero-order chi connectivity index (χ0) is 23.2. The first kappa shape index (κ1) is 21.4. The first-order valence-corrected chi connectivity index (χ1v) is 12.0. The molecule has 0 unspecified atom stereocenters. The van der Waals surface area contributed by atoms with Gasteiger partial charge >= 0.3 is 0 Å². The number of piperazine rings is 1. The molecule has 1 amide bonds. The van der Waals surface area contributed by atoms with Crippen LogP contribution in [0.2, 0.25) is 5.02 Å². The molecular weight excluding hydrogens is 452 g/mol. The second kappa shape index (κ2) is 8.56. The van der Waals surface area contributed by atoms with Crippen LogP contribution in [-0.2, 0) is 22.6 Å². The average Bonchev–Trinajstić information content (AvgIpc) is 3.21. The number of hydrogen-bond donors (Lipinski definition) is 0. The van der Waals surface area contributed by atoms with Gasteiger partial charge in [-0.15, -0.1) is 0 Å².